The lowest BCUT2D eigenvalue weighted by atomic mass is 10.1. The van der Waals surface area contributed by atoms with Crippen molar-refractivity contribution in [1.29, 1.82) is 0 Å². The van der Waals surface area contributed by atoms with Crippen molar-refractivity contribution in [2.45, 2.75) is 45.3 Å². The SMILES string of the molecule is CCNC(=NCC(NC(=O)OCC)C1CC1)NCC1Cc2ccccc2O1. The number of fused-ring (bicyclic) bond motifs is 1. The molecule has 0 bridgehead atoms. The van der Waals surface area contributed by atoms with Crippen molar-refractivity contribution in [2.75, 3.05) is 26.2 Å². The molecule has 0 saturated heterocycles. The Morgan fingerprint density at radius 3 is 2.81 bits per heavy atom. The summed E-state index contributed by atoms with van der Waals surface area (Å²) in [7, 11) is 0. The Hall–Kier alpha value is -2.44. The van der Waals surface area contributed by atoms with Crippen molar-refractivity contribution in [3.63, 3.8) is 0 Å². The zero-order valence-electron chi connectivity index (χ0n) is 16.2. The number of rotatable bonds is 8. The van der Waals surface area contributed by atoms with E-state index in [1.807, 2.05) is 25.1 Å². The third-order valence-electron chi connectivity index (χ3n) is 4.77. The molecular formula is C20H30N4O3. The van der Waals surface area contributed by atoms with Gasteiger partial charge in [0.1, 0.15) is 11.9 Å². The molecule has 0 spiro atoms. The van der Waals surface area contributed by atoms with Crippen LogP contribution in [-0.4, -0.2) is 50.4 Å². The molecule has 0 aromatic heterocycles. The summed E-state index contributed by atoms with van der Waals surface area (Å²) in [5.74, 6) is 2.21. The van der Waals surface area contributed by atoms with Gasteiger partial charge in [-0.15, -0.1) is 0 Å². The van der Waals surface area contributed by atoms with E-state index in [1.54, 1.807) is 6.92 Å². The molecule has 1 amide bonds. The van der Waals surface area contributed by atoms with Crippen molar-refractivity contribution < 1.29 is 14.3 Å². The molecule has 27 heavy (non-hydrogen) atoms. The summed E-state index contributed by atoms with van der Waals surface area (Å²) >= 11 is 0. The summed E-state index contributed by atoms with van der Waals surface area (Å²) < 4.78 is 11.0. The number of carbonyl (C=O) groups excluding carboxylic acids is 1. The van der Waals surface area contributed by atoms with Gasteiger partial charge in [-0.2, -0.15) is 0 Å². The first kappa shape index (κ1) is 19.3. The highest BCUT2D eigenvalue weighted by Gasteiger charge is 2.32. The van der Waals surface area contributed by atoms with Crippen LogP contribution in [0.1, 0.15) is 32.3 Å². The van der Waals surface area contributed by atoms with Crippen molar-refractivity contribution in [1.82, 2.24) is 16.0 Å². The molecule has 7 nitrogen and oxygen atoms in total. The monoisotopic (exact) mass is 374 g/mol. The molecule has 1 fully saturated rings. The first-order valence-corrected chi connectivity index (χ1v) is 9.89. The number of aliphatic imine (C=N–C) groups is 1. The normalized spacial score (nSPS) is 19.6. The van der Waals surface area contributed by atoms with E-state index in [4.69, 9.17) is 9.47 Å². The van der Waals surface area contributed by atoms with E-state index < -0.39 is 0 Å². The fraction of sp³-hybridized carbons (Fsp3) is 0.600. The summed E-state index contributed by atoms with van der Waals surface area (Å²) in [4.78, 5) is 16.4. The van der Waals surface area contributed by atoms with Crippen LogP contribution in [0.2, 0.25) is 0 Å². The number of alkyl carbamates (subject to hydrolysis) is 1. The minimum Gasteiger partial charge on any atom is -0.488 e. The van der Waals surface area contributed by atoms with E-state index in [9.17, 15) is 4.79 Å². The molecule has 1 aromatic carbocycles. The van der Waals surface area contributed by atoms with Crippen LogP contribution in [-0.2, 0) is 11.2 Å². The average molecular weight is 374 g/mol. The number of carbonyl (C=O) groups is 1. The maximum absolute atomic E-state index is 11.7. The smallest absolute Gasteiger partial charge is 0.407 e. The molecule has 3 N–H and O–H groups in total. The lowest BCUT2D eigenvalue weighted by Crippen LogP contribution is -2.44. The van der Waals surface area contributed by atoms with E-state index in [0.717, 1.165) is 37.5 Å². The van der Waals surface area contributed by atoms with Crippen molar-refractivity contribution >= 4 is 12.1 Å². The number of nitrogens with one attached hydrogen (secondary N) is 3. The number of guanidine groups is 1. The van der Waals surface area contributed by atoms with E-state index in [0.29, 0.717) is 25.6 Å². The molecule has 1 aliphatic heterocycles. The summed E-state index contributed by atoms with van der Waals surface area (Å²) in [6.07, 6.45) is 2.90. The molecule has 3 rings (SSSR count). The molecule has 1 saturated carbocycles. The Morgan fingerprint density at radius 1 is 1.30 bits per heavy atom. The Bertz CT molecular complexity index is 635. The highest BCUT2D eigenvalue weighted by atomic mass is 16.5. The van der Waals surface area contributed by atoms with Gasteiger partial charge in [-0.3, -0.25) is 4.99 Å². The number of ether oxygens (including phenoxy) is 2. The van der Waals surface area contributed by atoms with Crippen LogP contribution < -0.4 is 20.7 Å². The van der Waals surface area contributed by atoms with Crippen LogP contribution in [0.25, 0.3) is 0 Å². The Kier molecular flexibility index (Phi) is 6.79. The van der Waals surface area contributed by atoms with E-state index in [1.165, 1.54) is 5.56 Å². The maximum Gasteiger partial charge on any atom is 0.407 e. The van der Waals surface area contributed by atoms with Crippen molar-refractivity contribution in [2.24, 2.45) is 10.9 Å². The van der Waals surface area contributed by atoms with Crippen LogP contribution in [0.4, 0.5) is 4.79 Å². The minimum absolute atomic E-state index is 0.0199. The van der Waals surface area contributed by atoms with Crippen molar-refractivity contribution in [3.05, 3.63) is 29.8 Å². The number of para-hydroxylation sites is 1. The van der Waals surface area contributed by atoms with Gasteiger partial charge in [-0.25, -0.2) is 4.79 Å². The zero-order chi connectivity index (χ0) is 19.1. The second-order valence-electron chi connectivity index (χ2n) is 6.96. The minimum atomic E-state index is -0.361. The third-order valence-corrected chi connectivity index (χ3v) is 4.77. The lowest BCUT2D eigenvalue weighted by Gasteiger charge is -2.18. The number of hydrogen-bond acceptors (Lipinski definition) is 4. The fourth-order valence-corrected chi connectivity index (χ4v) is 3.24. The largest absolute Gasteiger partial charge is 0.488 e. The molecular weight excluding hydrogens is 344 g/mol. The second kappa shape index (κ2) is 9.48. The molecule has 148 valence electrons. The third kappa shape index (κ3) is 5.77. The van der Waals surface area contributed by atoms with Gasteiger partial charge in [0.25, 0.3) is 0 Å². The predicted molar refractivity (Wildman–Crippen MR) is 105 cm³/mol. The highest BCUT2D eigenvalue weighted by Crippen LogP contribution is 2.32. The molecule has 1 aromatic rings. The van der Waals surface area contributed by atoms with Crippen LogP contribution in [0.15, 0.2) is 29.3 Å². The van der Waals surface area contributed by atoms with Gasteiger partial charge in [0.05, 0.1) is 25.7 Å². The van der Waals surface area contributed by atoms with Crippen LogP contribution >= 0.6 is 0 Å². The average Bonchev–Trinajstić information content (AvgIpc) is 3.42. The van der Waals surface area contributed by atoms with Crippen LogP contribution in [0, 0.1) is 5.92 Å². The Morgan fingerprint density at radius 2 is 2.11 bits per heavy atom. The van der Waals surface area contributed by atoms with Crippen LogP contribution in [0.5, 0.6) is 5.75 Å². The van der Waals surface area contributed by atoms with E-state index >= 15 is 0 Å². The van der Waals surface area contributed by atoms with Gasteiger partial charge in [-0.1, -0.05) is 18.2 Å². The summed E-state index contributed by atoms with van der Waals surface area (Å²) in [6.45, 7) is 6.21. The summed E-state index contributed by atoms with van der Waals surface area (Å²) in [6, 6.07) is 8.17. The molecule has 2 unspecified atom stereocenters. The Balaban J connectivity index is 1.50. The van der Waals surface area contributed by atoms with Crippen molar-refractivity contribution in [3.8, 4) is 5.75 Å². The standard InChI is InChI=1S/C20H30N4O3/c1-3-21-19(22-12-16-11-15-7-5-6-8-18(15)27-16)23-13-17(14-9-10-14)24-20(25)26-4-2/h5-8,14,16-17H,3-4,9-13H2,1-2H3,(H,24,25)(H2,21,22,23). The summed E-state index contributed by atoms with van der Waals surface area (Å²) in [5, 5.41) is 9.56. The zero-order valence-corrected chi connectivity index (χ0v) is 16.2. The molecule has 2 aliphatic rings. The van der Waals surface area contributed by atoms with Gasteiger partial charge >= 0.3 is 6.09 Å². The molecule has 0 radical (unpaired) electrons. The molecule has 7 heteroatoms. The quantitative estimate of drug-likeness (QED) is 0.479. The first-order valence-electron chi connectivity index (χ1n) is 9.89. The molecule has 2 atom stereocenters. The van der Waals surface area contributed by atoms with Gasteiger partial charge in [0.15, 0.2) is 5.96 Å². The topological polar surface area (TPSA) is 84.0 Å². The van der Waals surface area contributed by atoms with Gasteiger partial charge in [0.2, 0.25) is 0 Å². The fourth-order valence-electron chi connectivity index (χ4n) is 3.24. The van der Waals surface area contributed by atoms with Gasteiger partial charge in [-0.05, 0) is 44.2 Å². The first-order chi connectivity index (χ1) is 13.2. The van der Waals surface area contributed by atoms with Gasteiger partial charge in [0, 0.05) is 13.0 Å². The number of hydrogen-bond donors (Lipinski definition) is 3. The number of benzene rings is 1. The highest BCUT2D eigenvalue weighted by molar-refractivity contribution is 5.79. The lowest BCUT2D eigenvalue weighted by molar-refractivity contribution is 0.147. The number of nitrogens with zero attached hydrogens (tertiary/aromatic N) is 1. The predicted octanol–water partition coefficient (Wildman–Crippen LogP) is 2.07. The maximum atomic E-state index is 11.7. The van der Waals surface area contributed by atoms with Gasteiger partial charge < -0.3 is 25.4 Å². The van der Waals surface area contributed by atoms with E-state index in [2.05, 4.69) is 27.0 Å². The second-order valence-corrected chi connectivity index (χ2v) is 6.96. The molecule has 1 aliphatic carbocycles. The van der Waals surface area contributed by atoms with Crippen LogP contribution in [0.3, 0.4) is 0 Å². The number of amides is 1. The molecule has 1 heterocycles. The van der Waals surface area contributed by atoms with E-state index in [-0.39, 0.29) is 18.2 Å². The summed E-state index contributed by atoms with van der Waals surface area (Å²) in [5.41, 5.74) is 1.25. The Labute approximate surface area is 160 Å².